The number of unbranched alkanes of at least 4 members (excludes halogenated alkanes) is 11. The van der Waals surface area contributed by atoms with E-state index in [4.69, 9.17) is 4.74 Å². The largest absolute Gasteiger partial charge is 0.365 e. The first-order chi connectivity index (χ1) is 13.4. The highest BCUT2D eigenvalue weighted by molar-refractivity contribution is 9.09. The van der Waals surface area contributed by atoms with Crippen LogP contribution in [0.5, 0.6) is 0 Å². The summed E-state index contributed by atoms with van der Waals surface area (Å²) in [6.45, 7) is 12.7. The average Bonchev–Trinajstić information content (AvgIpc) is 2.66. The molecule has 0 fully saturated rings. The van der Waals surface area contributed by atoms with Crippen molar-refractivity contribution in [1.29, 1.82) is 0 Å². The van der Waals surface area contributed by atoms with E-state index in [0.717, 1.165) is 19.4 Å². The van der Waals surface area contributed by atoms with Gasteiger partial charge in [-0.3, -0.25) is 0 Å². The lowest BCUT2D eigenvalue weighted by molar-refractivity contribution is 0.0675. The van der Waals surface area contributed by atoms with E-state index < -0.39 is 8.80 Å². The second-order valence-electron chi connectivity index (χ2n) is 9.38. The normalized spacial score (nSPS) is 12.8. The molecule has 0 saturated carbocycles. The lowest BCUT2D eigenvalue weighted by Crippen LogP contribution is -2.28. The summed E-state index contributed by atoms with van der Waals surface area (Å²) in [5.41, 5.74) is 0. The Kier molecular flexibility index (Phi) is 19.3. The molecule has 0 heterocycles. The summed E-state index contributed by atoms with van der Waals surface area (Å²) in [4.78, 5) is 0. The lowest BCUT2D eigenvalue weighted by atomic mass is 10.1. The van der Waals surface area contributed by atoms with Crippen molar-refractivity contribution >= 4 is 24.7 Å². The van der Waals surface area contributed by atoms with E-state index in [1.165, 1.54) is 82.4 Å². The molecule has 0 bridgehead atoms. The van der Waals surface area contributed by atoms with E-state index >= 15 is 0 Å². The molecule has 0 radical (unpaired) electrons. The van der Waals surface area contributed by atoms with E-state index in [1.807, 2.05) is 0 Å². The molecule has 1 atom stereocenters. The van der Waals surface area contributed by atoms with Gasteiger partial charge in [0, 0.05) is 20.5 Å². The number of ether oxygens (including phenoxy) is 1. The Morgan fingerprint density at radius 2 is 1.39 bits per heavy atom. The molecule has 3 heteroatoms. The summed E-state index contributed by atoms with van der Waals surface area (Å²) in [5.74, 6) is 6.86. The van der Waals surface area contributed by atoms with Crippen LogP contribution in [0.4, 0.5) is 0 Å². The van der Waals surface area contributed by atoms with Crippen LogP contribution >= 0.6 is 15.9 Å². The average molecular weight is 474 g/mol. The molecule has 28 heavy (non-hydrogen) atoms. The van der Waals surface area contributed by atoms with E-state index in [2.05, 4.69) is 61.6 Å². The van der Waals surface area contributed by atoms with Gasteiger partial charge in [0.2, 0.25) is 0 Å². The molecule has 0 amide bonds. The number of alkyl halides is 1. The number of hydrogen-bond donors (Lipinski definition) is 0. The van der Waals surface area contributed by atoms with E-state index in [0.29, 0.717) is 5.04 Å². The van der Waals surface area contributed by atoms with Gasteiger partial charge in [-0.2, -0.15) is 0 Å². The van der Waals surface area contributed by atoms with Crippen molar-refractivity contribution in [3.8, 4) is 11.8 Å². The molecule has 1 nitrogen and oxygen atoms in total. The molecule has 0 spiro atoms. The van der Waals surface area contributed by atoms with E-state index in [1.54, 1.807) is 0 Å². The van der Waals surface area contributed by atoms with Crippen LogP contribution in [-0.2, 0) is 4.74 Å². The maximum absolute atomic E-state index is 6.24. The fraction of sp³-hybridized carbons (Fsp3) is 0.920. The second kappa shape index (κ2) is 19.2. The second-order valence-corrected chi connectivity index (χ2v) is 14.0. The Morgan fingerprint density at radius 1 is 0.857 bits per heavy atom. The van der Waals surface area contributed by atoms with Crippen LogP contribution in [0.15, 0.2) is 0 Å². The topological polar surface area (TPSA) is 9.23 Å². The van der Waals surface area contributed by atoms with Crippen LogP contribution in [0.1, 0.15) is 111 Å². The lowest BCUT2D eigenvalue weighted by Gasteiger charge is -2.29. The number of hydrogen-bond acceptors (Lipinski definition) is 1. The fourth-order valence-corrected chi connectivity index (χ4v) is 3.80. The molecular formula is C25H49BrOSi. The highest BCUT2D eigenvalue weighted by Crippen LogP contribution is 2.29. The Labute approximate surface area is 187 Å². The Balaban J connectivity index is 3.84. The van der Waals surface area contributed by atoms with Gasteiger partial charge >= 0.3 is 0 Å². The van der Waals surface area contributed by atoms with Gasteiger partial charge in [0.15, 0.2) is 0 Å². The molecule has 0 saturated heterocycles. The van der Waals surface area contributed by atoms with Crippen LogP contribution in [0.25, 0.3) is 0 Å². The smallest absolute Gasteiger partial charge is 0.118 e. The van der Waals surface area contributed by atoms with Gasteiger partial charge < -0.3 is 4.74 Å². The first-order valence-electron chi connectivity index (χ1n) is 12.1. The highest BCUT2D eigenvalue weighted by atomic mass is 79.9. The summed E-state index contributed by atoms with van der Waals surface area (Å²) in [6.07, 6.45) is 18.5. The third kappa shape index (κ3) is 17.1. The Morgan fingerprint density at radius 3 is 1.89 bits per heavy atom. The Hall–Kier alpha value is 0.217. The molecule has 0 rings (SSSR count). The van der Waals surface area contributed by atoms with Crippen molar-refractivity contribution in [3.63, 3.8) is 0 Å². The van der Waals surface area contributed by atoms with Crippen molar-refractivity contribution in [2.45, 2.75) is 135 Å². The zero-order chi connectivity index (χ0) is 21.1. The summed E-state index contributed by atoms with van der Waals surface area (Å²) in [5, 5.41) is 1.53. The van der Waals surface area contributed by atoms with Crippen molar-refractivity contribution < 1.29 is 4.74 Å². The predicted molar refractivity (Wildman–Crippen MR) is 135 cm³/mol. The molecule has 166 valence electrons. The molecule has 0 aliphatic rings. The van der Waals surface area contributed by atoms with Gasteiger partial charge in [0.25, 0.3) is 0 Å². The molecule has 0 aliphatic carbocycles. The molecule has 0 aromatic carbocycles. The van der Waals surface area contributed by atoms with Crippen LogP contribution in [0, 0.1) is 11.8 Å². The van der Waals surface area contributed by atoms with Gasteiger partial charge in [-0.1, -0.05) is 120 Å². The zero-order valence-electron chi connectivity index (χ0n) is 19.8. The SMILES string of the molecule is CCCC[C@H](C#CCCCCCCCCCCCCBr)OCC(C)(C)[SiH](C)C. The maximum Gasteiger partial charge on any atom is 0.118 e. The number of rotatable bonds is 18. The molecule has 0 N–H and O–H groups in total. The fourth-order valence-electron chi connectivity index (χ4n) is 2.98. The van der Waals surface area contributed by atoms with Crippen molar-refractivity contribution in [1.82, 2.24) is 0 Å². The van der Waals surface area contributed by atoms with Gasteiger partial charge in [-0.15, -0.1) is 5.92 Å². The summed E-state index contributed by atoms with van der Waals surface area (Å²) < 4.78 is 6.24. The Bertz CT molecular complexity index is 397. The van der Waals surface area contributed by atoms with Crippen molar-refractivity contribution in [3.05, 3.63) is 0 Å². The third-order valence-electron chi connectivity index (χ3n) is 5.99. The predicted octanol–water partition coefficient (Wildman–Crippen LogP) is 8.52. The summed E-state index contributed by atoms with van der Waals surface area (Å²) in [6, 6.07) is 0. The number of halogens is 1. The quantitative estimate of drug-likeness (QED) is 0.0839. The first-order valence-corrected chi connectivity index (χ1v) is 16.1. The van der Waals surface area contributed by atoms with Crippen LogP contribution in [0.3, 0.4) is 0 Å². The van der Waals surface area contributed by atoms with E-state index in [-0.39, 0.29) is 6.10 Å². The van der Waals surface area contributed by atoms with Crippen LogP contribution in [-0.4, -0.2) is 26.8 Å². The van der Waals surface area contributed by atoms with E-state index in [9.17, 15) is 0 Å². The van der Waals surface area contributed by atoms with Gasteiger partial charge in [0.05, 0.1) is 6.61 Å². The zero-order valence-corrected chi connectivity index (χ0v) is 22.5. The monoisotopic (exact) mass is 472 g/mol. The van der Waals surface area contributed by atoms with Crippen molar-refractivity contribution in [2.75, 3.05) is 11.9 Å². The van der Waals surface area contributed by atoms with Crippen molar-refractivity contribution in [2.24, 2.45) is 0 Å². The molecule has 0 unspecified atom stereocenters. The summed E-state index contributed by atoms with van der Waals surface area (Å²) >= 11 is 3.50. The molecule has 0 aromatic heterocycles. The molecule has 0 aliphatic heterocycles. The van der Waals surface area contributed by atoms with Crippen LogP contribution < -0.4 is 0 Å². The third-order valence-corrected chi connectivity index (χ3v) is 9.84. The minimum atomic E-state index is -0.704. The standard InChI is InChI=1S/C25H49BrOSi/c1-6-7-20-24(27-23-25(2,3)28(4)5)21-18-16-14-12-10-8-9-11-13-15-17-19-22-26/h24,28H,6-17,19-20,22-23H2,1-5H3/t24-/m1/s1. The maximum atomic E-state index is 6.24. The van der Waals surface area contributed by atoms with Gasteiger partial charge in [-0.25, -0.2) is 0 Å². The van der Waals surface area contributed by atoms with Gasteiger partial charge in [-0.05, 0) is 24.3 Å². The minimum Gasteiger partial charge on any atom is -0.365 e. The van der Waals surface area contributed by atoms with Crippen LogP contribution in [0.2, 0.25) is 18.1 Å². The van der Waals surface area contributed by atoms with Gasteiger partial charge in [0.1, 0.15) is 6.10 Å². The molecule has 0 aromatic rings. The first kappa shape index (κ1) is 28.2. The summed E-state index contributed by atoms with van der Waals surface area (Å²) in [7, 11) is -0.704. The highest BCUT2D eigenvalue weighted by Gasteiger charge is 2.24. The molecular weight excluding hydrogens is 424 g/mol. The minimum absolute atomic E-state index is 0.150.